The molecule has 2 N–H and O–H groups in total. The van der Waals surface area contributed by atoms with Crippen LogP contribution in [0.25, 0.3) is 0 Å². The van der Waals surface area contributed by atoms with E-state index >= 15 is 0 Å². The van der Waals surface area contributed by atoms with Crippen molar-refractivity contribution in [2.75, 3.05) is 20.2 Å². The van der Waals surface area contributed by atoms with Gasteiger partial charge in [-0.05, 0) is 24.8 Å². The molecule has 1 aliphatic heterocycles. The second-order valence-corrected chi connectivity index (χ2v) is 5.01. The van der Waals surface area contributed by atoms with Crippen molar-refractivity contribution in [1.82, 2.24) is 10.6 Å². The molecule has 5 nitrogen and oxygen atoms in total. The predicted molar refractivity (Wildman–Crippen MR) is 69.0 cm³/mol. The van der Waals surface area contributed by atoms with Crippen LogP contribution in [-0.2, 0) is 14.3 Å². The van der Waals surface area contributed by atoms with Gasteiger partial charge in [-0.15, -0.1) is 0 Å². The number of methoxy groups -OCH3 is 1. The molecule has 1 unspecified atom stereocenters. The van der Waals surface area contributed by atoms with Crippen LogP contribution in [0.1, 0.15) is 27.2 Å². The van der Waals surface area contributed by atoms with Gasteiger partial charge < -0.3 is 15.4 Å². The van der Waals surface area contributed by atoms with Crippen molar-refractivity contribution in [3.05, 3.63) is 11.1 Å². The Morgan fingerprint density at radius 1 is 1.39 bits per heavy atom. The van der Waals surface area contributed by atoms with Crippen LogP contribution in [0, 0.1) is 5.92 Å². The third-order valence-electron chi connectivity index (χ3n) is 3.05. The monoisotopic (exact) mass is 254 g/mol. The quantitative estimate of drug-likeness (QED) is 0.557. The number of carbonyl (C=O) groups is 2. The lowest BCUT2D eigenvalue weighted by molar-refractivity contribution is -0.145. The summed E-state index contributed by atoms with van der Waals surface area (Å²) in [5.41, 5.74) is 1.80. The van der Waals surface area contributed by atoms with Crippen molar-refractivity contribution >= 4 is 11.9 Å². The summed E-state index contributed by atoms with van der Waals surface area (Å²) < 4.78 is 4.71. The van der Waals surface area contributed by atoms with Gasteiger partial charge in [-0.25, -0.2) is 4.79 Å². The Morgan fingerprint density at radius 3 is 2.39 bits per heavy atom. The number of amides is 1. The number of ether oxygens (including phenoxy) is 1. The number of hydrogen-bond donors (Lipinski definition) is 2. The SMILES string of the molecule is COC(=O)C(CC(C)C)NC(=O)C(C)=C1CNC1. The van der Waals surface area contributed by atoms with Crippen LogP contribution in [0.5, 0.6) is 0 Å². The molecule has 0 aromatic rings. The third-order valence-corrected chi connectivity index (χ3v) is 3.05. The van der Waals surface area contributed by atoms with E-state index in [-0.39, 0.29) is 11.9 Å². The van der Waals surface area contributed by atoms with Gasteiger partial charge in [0, 0.05) is 18.7 Å². The van der Waals surface area contributed by atoms with E-state index in [2.05, 4.69) is 10.6 Å². The van der Waals surface area contributed by atoms with Gasteiger partial charge in [-0.2, -0.15) is 0 Å². The van der Waals surface area contributed by atoms with Crippen LogP contribution in [0.4, 0.5) is 0 Å². The molecule has 0 aromatic carbocycles. The average Bonchev–Trinajstić information content (AvgIpc) is 2.23. The van der Waals surface area contributed by atoms with E-state index in [0.29, 0.717) is 17.9 Å². The molecular formula is C13H22N2O3. The zero-order valence-corrected chi connectivity index (χ0v) is 11.5. The van der Waals surface area contributed by atoms with Crippen LogP contribution in [0.2, 0.25) is 0 Å². The molecule has 0 bridgehead atoms. The Balaban J connectivity index is 2.65. The van der Waals surface area contributed by atoms with E-state index in [1.807, 2.05) is 13.8 Å². The highest BCUT2D eigenvalue weighted by atomic mass is 16.5. The number of hydrogen-bond acceptors (Lipinski definition) is 4. The highest BCUT2D eigenvalue weighted by Crippen LogP contribution is 2.11. The van der Waals surface area contributed by atoms with E-state index in [4.69, 9.17) is 4.74 Å². The highest BCUT2D eigenvalue weighted by molar-refractivity contribution is 5.96. The molecular weight excluding hydrogens is 232 g/mol. The van der Waals surface area contributed by atoms with Gasteiger partial charge in [0.05, 0.1) is 7.11 Å². The topological polar surface area (TPSA) is 67.4 Å². The fourth-order valence-corrected chi connectivity index (χ4v) is 1.77. The summed E-state index contributed by atoms with van der Waals surface area (Å²) in [6.07, 6.45) is 0.583. The van der Waals surface area contributed by atoms with E-state index in [0.717, 1.165) is 18.7 Å². The first-order valence-electron chi connectivity index (χ1n) is 6.23. The van der Waals surface area contributed by atoms with E-state index in [9.17, 15) is 9.59 Å². The van der Waals surface area contributed by atoms with Crippen molar-refractivity contribution in [1.29, 1.82) is 0 Å². The zero-order valence-electron chi connectivity index (χ0n) is 11.5. The maximum Gasteiger partial charge on any atom is 0.328 e. The first kappa shape index (κ1) is 14.7. The van der Waals surface area contributed by atoms with Crippen molar-refractivity contribution in [2.45, 2.75) is 33.2 Å². The summed E-state index contributed by atoms with van der Waals surface area (Å²) in [6, 6.07) is -0.564. The van der Waals surface area contributed by atoms with Crippen LogP contribution in [-0.4, -0.2) is 38.1 Å². The van der Waals surface area contributed by atoms with E-state index < -0.39 is 6.04 Å². The molecule has 1 aliphatic rings. The summed E-state index contributed by atoms with van der Waals surface area (Å²) in [6.45, 7) is 7.31. The molecule has 0 aliphatic carbocycles. The molecule has 0 aromatic heterocycles. The Labute approximate surface area is 108 Å². The Bertz CT molecular complexity index is 355. The maximum absolute atomic E-state index is 12.0. The number of esters is 1. The lowest BCUT2D eigenvalue weighted by Gasteiger charge is -2.23. The molecule has 1 atom stereocenters. The fourth-order valence-electron chi connectivity index (χ4n) is 1.77. The largest absolute Gasteiger partial charge is 0.467 e. The smallest absolute Gasteiger partial charge is 0.328 e. The van der Waals surface area contributed by atoms with Gasteiger partial charge in [-0.1, -0.05) is 13.8 Å². The Hall–Kier alpha value is -1.36. The second kappa shape index (κ2) is 6.54. The summed E-state index contributed by atoms with van der Waals surface area (Å²) in [4.78, 5) is 23.6. The average molecular weight is 254 g/mol. The molecule has 1 fully saturated rings. The number of carbonyl (C=O) groups excluding carboxylic acids is 2. The Kier molecular flexibility index (Phi) is 5.34. The first-order valence-corrected chi connectivity index (χ1v) is 6.23. The normalized spacial score (nSPS) is 15.9. The minimum absolute atomic E-state index is 0.178. The predicted octanol–water partition coefficient (Wildman–Crippen LogP) is 0.610. The molecule has 1 rings (SSSR count). The van der Waals surface area contributed by atoms with Gasteiger partial charge in [0.1, 0.15) is 6.04 Å². The molecule has 5 heteroatoms. The second-order valence-electron chi connectivity index (χ2n) is 5.01. The Morgan fingerprint density at radius 2 is 2.00 bits per heavy atom. The number of rotatable bonds is 5. The zero-order chi connectivity index (χ0) is 13.7. The number of nitrogens with one attached hydrogen (secondary N) is 2. The standard InChI is InChI=1S/C13H22N2O3/c1-8(2)5-11(13(17)18-4)15-12(16)9(3)10-6-14-7-10/h8,11,14H,5-7H2,1-4H3,(H,15,16). The molecule has 1 saturated heterocycles. The summed E-state index contributed by atoms with van der Waals surface area (Å²) >= 11 is 0. The lowest BCUT2D eigenvalue weighted by atomic mass is 10.0. The van der Waals surface area contributed by atoms with Crippen LogP contribution >= 0.6 is 0 Å². The third kappa shape index (κ3) is 3.84. The van der Waals surface area contributed by atoms with Crippen molar-refractivity contribution in [2.24, 2.45) is 5.92 Å². The van der Waals surface area contributed by atoms with Gasteiger partial charge in [-0.3, -0.25) is 4.79 Å². The molecule has 102 valence electrons. The molecule has 1 heterocycles. The minimum atomic E-state index is -0.564. The molecule has 0 radical (unpaired) electrons. The van der Waals surface area contributed by atoms with Crippen molar-refractivity contribution < 1.29 is 14.3 Å². The summed E-state index contributed by atoms with van der Waals surface area (Å²) in [7, 11) is 1.34. The molecule has 0 spiro atoms. The van der Waals surface area contributed by atoms with Crippen LogP contribution in [0.3, 0.4) is 0 Å². The van der Waals surface area contributed by atoms with Gasteiger partial charge in [0.15, 0.2) is 0 Å². The van der Waals surface area contributed by atoms with Gasteiger partial charge >= 0.3 is 5.97 Å². The van der Waals surface area contributed by atoms with Crippen molar-refractivity contribution in [3.63, 3.8) is 0 Å². The summed E-state index contributed by atoms with van der Waals surface area (Å²) in [5, 5.41) is 5.84. The van der Waals surface area contributed by atoms with Gasteiger partial charge in [0.2, 0.25) is 5.91 Å². The lowest BCUT2D eigenvalue weighted by Crippen LogP contribution is -2.44. The molecule has 18 heavy (non-hydrogen) atoms. The van der Waals surface area contributed by atoms with Crippen molar-refractivity contribution in [3.8, 4) is 0 Å². The van der Waals surface area contributed by atoms with Gasteiger partial charge in [0.25, 0.3) is 0 Å². The summed E-state index contributed by atoms with van der Waals surface area (Å²) in [5.74, 6) is -0.253. The van der Waals surface area contributed by atoms with Crippen LogP contribution < -0.4 is 10.6 Å². The first-order chi connectivity index (χ1) is 8.45. The fraction of sp³-hybridized carbons (Fsp3) is 0.692. The van der Waals surface area contributed by atoms with E-state index in [1.54, 1.807) is 6.92 Å². The molecule has 0 saturated carbocycles. The minimum Gasteiger partial charge on any atom is -0.467 e. The highest BCUT2D eigenvalue weighted by Gasteiger charge is 2.24. The van der Waals surface area contributed by atoms with E-state index in [1.165, 1.54) is 7.11 Å². The maximum atomic E-state index is 12.0. The van der Waals surface area contributed by atoms with Crippen LogP contribution in [0.15, 0.2) is 11.1 Å². The molecule has 1 amide bonds.